The molecule has 0 fully saturated rings. The van der Waals surface area contributed by atoms with Crippen LogP contribution in [0, 0.1) is 0 Å². The number of hydrogen-bond acceptors (Lipinski definition) is 5. The first-order chi connectivity index (χ1) is 8.19. The van der Waals surface area contributed by atoms with Gasteiger partial charge in [0.15, 0.2) is 5.82 Å². The number of ether oxygens (including phenoxy) is 1. The molecule has 0 bridgehead atoms. The number of anilines is 3. The number of nitrogens with one attached hydrogen (secondary N) is 1. The Morgan fingerprint density at radius 1 is 1.41 bits per heavy atom. The first kappa shape index (κ1) is 11.5. The second-order valence-corrected chi connectivity index (χ2v) is 3.69. The van der Waals surface area contributed by atoms with E-state index in [0.717, 1.165) is 11.4 Å². The van der Waals surface area contributed by atoms with Crippen LogP contribution in [-0.4, -0.2) is 17.1 Å². The van der Waals surface area contributed by atoms with E-state index in [4.69, 9.17) is 22.1 Å². The highest BCUT2D eigenvalue weighted by Crippen LogP contribution is 2.25. The van der Waals surface area contributed by atoms with Crippen molar-refractivity contribution in [3.05, 3.63) is 35.5 Å². The molecule has 5 nitrogen and oxygen atoms in total. The SMILES string of the molecule is COc1cccc(Nc2nc(N)ncc2Cl)c1. The quantitative estimate of drug-likeness (QED) is 0.875. The molecule has 0 spiro atoms. The van der Waals surface area contributed by atoms with Gasteiger partial charge in [0, 0.05) is 11.8 Å². The van der Waals surface area contributed by atoms with Crippen molar-refractivity contribution in [2.45, 2.75) is 0 Å². The maximum absolute atomic E-state index is 5.95. The van der Waals surface area contributed by atoms with Crippen LogP contribution in [-0.2, 0) is 0 Å². The highest BCUT2D eigenvalue weighted by atomic mass is 35.5. The second-order valence-electron chi connectivity index (χ2n) is 3.28. The molecule has 0 atom stereocenters. The Labute approximate surface area is 104 Å². The van der Waals surface area contributed by atoms with Gasteiger partial charge >= 0.3 is 0 Å². The van der Waals surface area contributed by atoms with E-state index in [1.54, 1.807) is 7.11 Å². The Morgan fingerprint density at radius 3 is 3.00 bits per heavy atom. The van der Waals surface area contributed by atoms with Crippen LogP contribution in [0.5, 0.6) is 5.75 Å². The molecule has 1 heterocycles. The fraction of sp³-hybridized carbons (Fsp3) is 0.0909. The molecule has 2 rings (SSSR count). The van der Waals surface area contributed by atoms with Crippen molar-refractivity contribution in [3.8, 4) is 5.75 Å². The largest absolute Gasteiger partial charge is 0.497 e. The molecular weight excluding hydrogens is 240 g/mol. The van der Waals surface area contributed by atoms with Gasteiger partial charge in [-0.15, -0.1) is 0 Å². The predicted molar refractivity (Wildman–Crippen MR) is 67.7 cm³/mol. The number of methoxy groups -OCH3 is 1. The molecule has 2 aromatic rings. The van der Waals surface area contributed by atoms with Crippen molar-refractivity contribution < 1.29 is 4.74 Å². The molecule has 1 aromatic carbocycles. The lowest BCUT2D eigenvalue weighted by Gasteiger charge is -2.08. The Kier molecular flexibility index (Phi) is 3.30. The van der Waals surface area contributed by atoms with Crippen LogP contribution in [0.15, 0.2) is 30.5 Å². The number of nitrogens with two attached hydrogens (primary N) is 1. The fourth-order valence-corrected chi connectivity index (χ4v) is 1.44. The van der Waals surface area contributed by atoms with Crippen LogP contribution < -0.4 is 15.8 Å². The average Bonchev–Trinajstić information content (AvgIpc) is 2.34. The molecule has 3 N–H and O–H groups in total. The van der Waals surface area contributed by atoms with Crippen molar-refractivity contribution in [2.24, 2.45) is 0 Å². The van der Waals surface area contributed by atoms with Gasteiger partial charge in [0.2, 0.25) is 5.95 Å². The number of rotatable bonds is 3. The van der Waals surface area contributed by atoms with Crippen molar-refractivity contribution >= 4 is 29.1 Å². The number of nitrogens with zero attached hydrogens (tertiary/aromatic N) is 2. The molecule has 0 aliphatic carbocycles. The lowest BCUT2D eigenvalue weighted by atomic mass is 10.3. The third kappa shape index (κ3) is 2.76. The van der Waals surface area contributed by atoms with E-state index in [-0.39, 0.29) is 5.95 Å². The third-order valence-electron chi connectivity index (χ3n) is 2.10. The highest BCUT2D eigenvalue weighted by Gasteiger charge is 2.04. The van der Waals surface area contributed by atoms with Gasteiger partial charge in [-0.05, 0) is 12.1 Å². The maximum Gasteiger partial charge on any atom is 0.222 e. The van der Waals surface area contributed by atoms with Crippen LogP contribution in [0.4, 0.5) is 17.5 Å². The van der Waals surface area contributed by atoms with Gasteiger partial charge in [-0.1, -0.05) is 17.7 Å². The lowest BCUT2D eigenvalue weighted by Crippen LogP contribution is -2.00. The molecule has 0 aliphatic rings. The lowest BCUT2D eigenvalue weighted by molar-refractivity contribution is 0.415. The van der Waals surface area contributed by atoms with Crippen LogP contribution in [0.1, 0.15) is 0 Å². The molecule has 0 aliphatic heterocycles. The van der Waals surface area contributed by atoms with Crippen molar-refractivity contribution in [3.63, 3.8) is 0 Å². The summed E-state index contributed by atoms with van der Waals surface area (Å²) in [7, 11) is 1.61. The minimum Gasteiger partial charge on any atom is -0.497 e. The van der Waals surface area contributed by atoms with E-state index in [9.17, 15) is 0 Å². The monoisotopic (exact) mass is 250 g/mol. The third-order valence-corrected chi connectivity index (χ3v) is 2.37. The van der Waals surface area contributed by atoms with Crippen molar-refractivity contribution in [1.82, 2.24) is 9.97 Å². The van der Waals surface area contributed by atoms with Gasteiger partial charge in [-0.25, -0.2) is 4.98 Å². The minimum atomic E-state index is 0.166. The summed E-state index contributed by atoms with van der Waals surface area (Å²) in [4.78, 5) is 7.79. The average molecular weight is 251 g/mol. The van der Waals surface area contributed by atoms with Gasteiger partial charge in [-0.2, -0.15) is 4.98 Å². The molecule has 6 heteroatoms. The van der Waals surface area contributed by atoms with Crippen LogP contribution in [0.3, 0.4) is 0 Å². The van der Waals surface area contributed by atoms with Crippen molar-refractivity contribution in [2.75, 3.05) is 18.2 Å². The maximum atomic E-state index is 5.95. The van der Waals surface area contributed by atoms with Crippen molar-refractivity contribution in [1.29, 1.82) is 0 Å². The van der Waals surface area contributed by atoms with E-state index < -0.39 is 0 Å². The number of benzene rings is 1. The second kappa shape index (κ2) is 4.88. The van der Waals surface area contributed by atoms with Gasteiger partial charge in [0.05, 0.1) is 13.3 Å². The van der Waals surface area contributed by atoms with Crippen LogP contribution in [0.2, 0.25) is 5.02 Å². The van der Waals surface area contributed by atoms with E-state index >= 15 is 0 Å². The number of aromatic nitrogens is 2. The number of halogens is 1. The van der Waals surface area contributed by atoms with Gasteiger partial charge in [-0.3, -0.25) is 0 Å². The topological polar surface area (TPSA) is 73.1 Å². The first-order valence-corrected chi connectivity index (χ1v) is 5.26. The summed E-state index contributed by atoms with van der Waals surface area (Å²) in [5, 5.41) is 3.45. The van der Waals surface area contributed by atoms with E-state index in [1.165, 1.54) is 6.20 Å². The molecule has 0 saturated heterocycles. The molecule has 0 radical (unpaired) electrons. The zero-order chi connectivity index (χ0) is 12.3. The smallest absolute Gasteiger partial charge is 0.222 e. The Hall–Kier alpha value is -2.01. The van der Waals surface area contributed by atoms with Gasteiger partial charge in [0.25, 0.3) is 0 Å². The number of nitrogen functional groups attached to an aromatic ring is 1. The normalized spacial score (nSPS) is 10.0. The first-order valence-electron chi connectivity index (χ1n) is 4.88. The summed E-state index contributed by atoms with van der Waals surface area (Å²) in [6.45, 7) is 0. The molecule has 0 amide bonds. The highest BCUT2D eigenvalue weighted by molar-refractivity contribution is 6.32. The molecule has 0 unspecified atom stereocenters. The summed E-state index contributed by atoms with van der Waals surface area (Å²) in [5.74, 6) is 1.38. The summed E-state index contributed by atoms with van der Waals surface area (Å²) in [5.41, 5.74) is 6.30. The predicted octanol–water partition coefficient (Wildman–Crippen LogP) is 2.46. The molecule has 88 valence electrons. The zero-order valence-corrected chi connectivity index (χ0v) is 9.90. The number of hydrogen-bond donors (Lipinski definition) is 2. The van der Waals surface area contributed by atoms with E-state index in [0.29, 0.717) is 10.8 Å². The molecule has 0 saturated carbocycles. The van der Waals surface area contributed by atoms with Gasteiger partial charge in [0.1, 0.15) is 10.8 Å². The van der Waals surface area contributed by atoms with Gasteiger partial charge < -0.3 is 15.8 Å². The van der Waals surface area contributed by atoms with Crippen LogP contribution in [0.25, 0.3) is 0 Å². The molecule has 17 heavy (non-hydrogen) atoms. The molecule has 1 aromatic heterocycles. The minimum absolute atomic E-state index is 0.166. The Morgan fingerprint density at radius 2 is 2.24 bits per heavy atom. The summed E-state index contributed by atoms with van der Waals surface area (Å²) in [6.07, 6.45) is 1.45. The standard InChI is InChI=1S/C11H11ClN4O/c1-17-8-4-2-3-7(5-8)15-10-9(12)6-14-11(13)16-10/h2-6H,1H3,(H3,13,14,15,16). The summed E-state index contributed by atoms with van der Waals surface area (Å²) < 4.78 is 5.12. The summed E-state index contributed by atoms with van der Waals surface area (Å²) >= 11 is 5.95. The summed E-state index contributed by atoms with van der Waals surface area (Å²) in [6, 6.07) is 7.41. The Bertz CT molecular complexity index is 533. The van der Waals surface area contributed by atoms with Crippen LogP contribution >= 0.6 is 11.6 Å². The van der Waals surface area contributed by atoms with E-state index in [2.05, 4.69) is 15.3 Å². The zero-order valence-electron chi connectivity index (χ0n) is 9.14. The fourth-order valence-electron chi connectivity index (χ4n) is 1.31. The molecular formula is C11H11ClN4O. The Balaban J connectivity index is 2.27. The van der Waals surface area contributed by atoms with E-state index in [1.807, 2.05) is 24.3 Å².